The lowest BCUT2D eigenvalue weighted by atomic mass is 10.1. The summed E-state index contributed by atoms with van der Waals surface area (Å²) < 4.78 is 16.3. The third-order valence-electron chi connectivity index (χ3n) is 3.66. The van der Waals surface area contributed by atoms with E-state index < -0.39 is 0 Å². The predicted octanol–water partition coefficient (Wildman–Crippen LogP) is 1.94. The molecule has 1 aromatic rings. The van der Waals surface area contributed by atoms with Gasteiger partial charge in [-0.15, -0.1) is 0 Å². The number of carbonyl (C=O) groups is 1. The molecule has 1 aromatic carbocycles. The Morgan fingerprint density at radius 1 is 1.41 bits per heavy atom. The molecule has 5 heteroatoms. The minimum Gasteiger partial charge on any atom is -0.496 e. The highest BCUT2D eigenvalue weighted by atomic mass is 16.5. The van der Waals surface area contributed by atoms with Crippen LogP contribution in [0.4, 0.5) is 0 Å². The molecule has 1 N–H and O–H groups in total. The predicted molar refractivity (Wildman–Crippen MR) is 84.1 cm³/mol. The number of carbonyl (C=O) groups excluding carboxylic acids is 1. The van der Waals surface area contributed by atoms with Crippen LogP contribution in [0.5, 0.6) is 5.75 Å². The van der Waals surface area contributed by atoms with Gasteiger partial charge in [0.1, 0.15) is 5.75 Å². The number of ether oxygens (including phenoxy) is 3. The van der Waals surface area contributed by atoms with E-state index in [0.717, 1.165) is 37.2 Å². The van der Waals surface area contributed by atoms with E-state index in [1.54, 1.807) is 7.11 Å². The zero-order chi connectivity index (χ0) is 15.6. The number of amides is 1. The fraction of sp³-hybridized carbons (Fsp3) is 0.588. The molecular weight excluding hydrogens is 282 g/mol. The summed E-state index contributed by atoms with van der Waals surface area (Å²) in [5, 5.41) is 2.91. The van der Waals surface area contributed by atoms with E-state index in [1.807, 2.05) is 24.3 Å². The third kappa shape index (κ3) is 5.66. The monoisotopic (exact) mass is 307 g/mol. The van der Waals surface area contributed by atoms with Gasteiger partial charge in [-0.05, 0) is 25.3 Å². The fourth-order valence-corrected chi connectivity index (χ4v) is 2.48. The van der Waals surface area contributed by atoms with Crippen molar-refractivity contribution in [3.8, 4) is 5.75 Å². The van der Waals surface area contributed by atoms with E-state index in [9.17, 15) is 4.79 Å². The van der Waals surface area contributed by atoms with Gasteiger partial charge >= 0.3 is 0 Å². The highest BCUT2D eigenvalue weighted by Crippen LogP contribution is 2.17. The van der Waals surface area contributed by atoms with Gasteiger partial charge in [0.15, 0.2) is 0 Å². The van der Waals surface area contributed by atoms with Crippen LogP contribution in [0.3, 0.4) is 0 Å². The van der Waals surface area contributed by atoms with Gasteiger partial charge in [0.2, 0.25) is 5.91 Å². The molecule has 0 aliphatic carbocycles. The Morgan fingerprint density at radius 3 is 3.05 bits per heavy atom. The summed E-state index contributed by atoms with van der Waals surface area (Å²) in [5.41, 5.74) is 0.900. The van der Waals surface area contributed by atoms with Gasteiger partial charge in [0, 0.05) is 25.3 Å². The van der Waals surface area contributed by atoms with Crippen LogP contribution in [0.15, 0.2) is 24.3 Å². The lowest BCUT2D eigenvalue weighted by Crippen LogP contribution is -2.27. The van der Waals surface area contributed by atoms with Crippen molar-refractivity contribution in [2.45, 2.75) is 31.8 Å². The van der Waals surface area contributed by atoms with Crippen LogP contribution in [0.1, 0.15) is 24.8 Å². The van der Waals surface area contributed by atoms with Crippen molar-refractivity contribution >= 4 is 5.91 Å². The van der Waals surface area contributed by atoms with Gasteiger partial charge in [-0.1, -0.05) is 18.2 Å². The first-order chi connectivity index (χ1) is 10.8. The van der Waals surface area contributed by atoms with E-state index in [0.29, 0.717) is 26.2 Å². The van der Waals surface area contributed by atoms with Crippen LogP contribution in [0.2, 0.25) is 0 Å². The lowest BCUT2D eigenvalue weighted by molar-refractivity contribution is -0.120. The largest absolute Gasteiger partial charge is 0.496 e. The van der Waals surface area contributed by atoms with Crippen molar-refractivity contribution in [2.75, 3.05) is 33.5 Å². The highest BCUT2D eigenvalue weighted by molar-refractivity contribution is 5.79. The Bertz CT molecular complexity index is 458. The molecule has 1 atom stereocenters. The normalized spacial score (nSPS) is 17.4. The van der Waals surface area contributed by atoms with Crippen LogP contribution < -0.4 is 10.1 Å². The Labute approximate surface area is 131 Å². The zero-order valence-electron chi connectivity index (χ0n) is 13.2. The maximum atomic E-state index is 11.9. The number of rotatable bonds is 9. The molecule has 5 nitrogen and oxygen atoms in total. The van der Waals surface area contributed by atoms with Crippen molar-refractivity contribution in [2.24, 2.45) is 0 Å². The summed E-state index contributed by atoms with van der Waals surface area (Å²) in [5.74, 6) is 0.751. The summed E-state index contributed by atoms with van der Waals surface area (Å²) in [4.78, 5) is 11.9. The minimum absolute atomic E-state index is 0.00336. The molecule has 0 saturated carbocycles. The van der Waals surface area contributed by atoms with Crippen LogP contribution in [-0.4, -0.2) is 45.5 Å². The van der Waals surface area contributed by atoms with Gasteiger partial charge in [-0.3, -0.25) is 4.79 Å². The first kappa shape index (κ1) is 16.8. The lowest BCUT2D eigenvalue weighted by Gasteiger charge is -2.11. The van der Waals surface area contributed by atoms with Crippen molar-refractivity contribution in [1.82, 2.24) is 5.32 Å². The van der Waals surface area contributed by atoms with Gasteiger partial charge in [0.25, 0.3) is 0 Å². The molecule has 0 spiro atoms. The van der Waals surface area contributed by atoms with Crippen LogP contribution >= 0.6 is 0 Å². The standard InChI is InChI=1S/C17H25NO4/c1-20-16-8-3-2-6-14(16)12-17(19)18-9-5-10-21-13-15-7-4-11-22-15/h2-3,6,8,15H,4-5,7,9-13H2,1H3,(H,18,19). The summed E-state index contributed by atoms with van der Waals surface area (Å²) >= 11 is 0. The summed E-state index contributed by atoms with van der Waals surface area (Å²) in [6.45, 7) is 2.79. The van der Waals surface area contributed by atoms with Crippen molar-refractivity contribution in [3.63, 3.8) is 0 Å². The average Bonchev–Trinajstić information content (AvgIpc) is 3.04. The quantitative estimate of drug-likeness (QED) is 0.708. The molecule has 2 rings (SSSR count). The molecule has 1 unspecified atom stereocenters. The van der Waals surface area contributed by atoms with E-state index in [-0.39, 0.29) is 12.0 Å². The van der Waals surface area contributed by atoms with E-state index in [4.69, 9.17) is 14.2 Å². The molecule has 1 heterocycles. The molecule has 1 saturated heterocycles. The van der Waals surface area contributed by atoms with Crippen molar-refractivity contribution < 1.29 is 19.0 Å². The Kier molecular flexibility index (Phi) is 7.19. The van der Waals surface area contributed by atoms with Crippen LogP contribution in [0.25, 0.3) is 0 Å². The van der Waals surface area contributed by atoms with Crippen molar-refractivity contribution in [1.29, 1.82) is 0 Å². The molecular formula is C17H25NO4. The maximum Gasteiger partial charge on any atom is 0.224 e. The summed E-state index contributed by atoms with van der Waals surface area (Å²) in [6, 6.07) is 7.57. The smallest absolute Gasteiger partial charge is 0.224 e. The van der Waals surface area contributed by atoms with E-state index in [2.05, 4.69) is 5.32 Å². The Balaban J connectivity index is 1.55. The first-order valence-electron chi connectivity index (χ1n) is 7.87. The molecule has 1 aliphatic heterocycles. The van der Waals surface area contributed by atoms with Crippen LogP contribution in [-0.2, 0) is 20.7 Å². The molecule has 1 fully saturated rings. The Morgan fingerprint density at radius 2 is 2.27 bits per heavy atom. The molecule has 0 aromatic heterocycles. The van der Waals surface area contributed by atoms with E-state index in [1.165, 1.54) is 0 Å². The van der Waals surface area contributed by atoms with Crippen molar-refractivity contribution in [3.05, 3.63) is 29.8 Å². The highest BCUT2D eigenvalue weighted by Gasteiger charge is 2.15. The molecule has 0 radical (unpaired) electrons. The molecule has 0 bridgehead atoms. The second-order valence-corrected chi connectivity index (χ2v) is 5.40. The second kappa shape index (κ2) is 9.43. The van der Waals surface area contributed by atoms with Gasteiger partial charge in [-0.2, -0.15) is 0 Å². The first-order valence-corrected chi connectivity index (χ1v) is 7.87. The number of methoxy groups -OCH3 is 1. The fourth-order valence-electron chi connectivity index (χ4n) is 2.48. The third-order valence-corrected chi connectivity index (χ3v) is 3.66. The minimum atomic E-state index is 0.00336. The number of nitrogens with one attached hydrogen (secondary N) is 1. The SMILES string of the molecule is COc1ccccc1CC(=O)NCCCOCC1CCCO1. The Hall–Kier alpha value is -1.59. The zero-order valence-corrected chi connectivity index (χ0v) is 13.2. The second-order valence-electron chi connectivity index (χ2n) is 5.40. The van der Waals surface area contributed by atoms with Crippen LogP contribution in [0, 0.1) is 0 Å². The van der Waals surface area contributed by atoms with E-state index >= 15 is 0 Å². The van der Waals surface area contributed by atoms with Gasteiger partial charge in [0.05, 0.1) is 26.2 Å². The summed E-state index contributed by atoms with van der Waals surface area (Å²) in [7, 11) is 1.61. The maximum absolute atomic E-state index is 11.9. The summed E-state index contributed by atoms with van der Waals surface area (Å²) in [6.07, 6.45) is 3.63. The number of hydrogen-bond acceptors (Lipinski definition) is 4. The number of hydrogen-bond donors (Lipinski definition) is 1. The molecule has 1 aliphatic rings. The number of benzene rings is 1. The van der Waals surface area contributed by atoms with Gasteiger partial charge in [-0.25, -0.2) is 0 Å². The molecule has 1 amide bonds. The molecule has 22 heavy (non-hydrogen) atoms. The van der Waals surface area contributed by atoms with Gasteiger partial charge < -0.3 is 19.5 Å². The average molecular weight is 307 g/mol. The number of para-hydroxylation sites is 1. The molecule has 122 valence electrons. The topological polar surface area (TPSA) is 56.8 Å².